The van der Waals surface area contributed by atoms with Crippen molar-refractivity contribution in [1.29, 1.82) is 0 Å². The second kappa shape index (κ2) is 6.51. The van der Waals surface area contributed by atoms with Crippen LogP contribution in [0.1, 0.15) is 5.56 Å². The Hall–Kier alpha value is -1.50. The molecule has 0 bridgehead atoms. The van der Waals surface area contributed by atoms with E-state index >= 15 is 0 Å². The Labute approximate surface area is 133 Å². The van der Waals surface area contributed by atoms with Gasteiger partial charge in [0.2, 0.25) is 0 Å². The van der Waals surface area contributed by atoms with Crippen LogP contribution >= 0.6 is 35.0 Å². The third-order valence-electron chi connectivity index (χ3n) is 2.51. The van der Waals surface area contributed by atoms with Gasteiger partial charge >= 0.3 is 0 Å². The molecule has 0 saturated heterocycles. The van der Waals surface area contributed by atoms with E-state index in [1.165, 1.54) is 12.1 Å². The van der Waals surface area contributed by atoms with Crippen LogP contribution in [0.2, 0.25) is 10.0 Å². The largest absolute Gasteiger partial charge is 0.409 e. The fourth-order valence-electron chi connectivity index (χ4n) is 1.53. The van der Waals surface area contributed by atoms with Crippen molar-refractivity contribution in [3.63, 3.8) is 0 Å². The highest BCUT2D eigenvalue weighted by atomic mass is 35.5. The van der Waals surface area contributed by atoms with Gasteiger partial charge in [0, 0.05) is 15.5 Å². The zero-order valence-electron chi connectivity index (χ0n) is 10.3. The first kappa shape index (κ1) is 15.9. The molecule has 0 saturated carbocycles. The highest BCUT2D eigenvalue weighted by Crippen LogP contribution is 2.37. The number of nitrogens with zero attached hydrogens (tertiary/aromatic N) is 1. The topological polar surface area (TPSA) is 58.6 Å². The Morgan fingerprint density at radius 1 is 1.14 bits per heavy atom. The normalized spacial score (nSPS) is 11.7. The Morgan fingerprint density at radius 3 is 2.33 bits per heavy atom. The predicted octanol–water partition coefficient (Wildman–Crippen LogP) is 4.52. The number of oxime groups is 1. The third-order valence-corrected chi connectivity index (χ3v) is 4.34. The summed E-state index contributed by atoms with van der Waals surface area (Å²) >= 11 is 12.6. The highest BCUT2D eigenvalue weighted by molar-refractivity contribution is 7.99. The van der Waals surface area contributed by atoms with Crippen molar-refractivity contribution in [2.45, 2.75) is 9.79 Å². The van der Waals surface area contributed by atoms with E-state index < -0.39 is 11.6 Å². The van der Waals surface area contributed by atoms with E-state index in [-0.39, 0.29) is 16.3 Å². The van der Waals surface area contributed by atoms with Crippen LogP contribution in [-0.2, 0) is 0 Å². The summed E-state index contributed by atoms with van der Waals surface area (Å²) in [6.07, 6.45) is 0. The number of nitrogens with two attached hydrogens (primary N) is 1. The summed E-state index contributed by atoms with van der Waals surface area (Å²) in [5, 5.41) is 11.9. The lowest BCUT2D eigenvalue weighted by molar-refractivity contribution is 0.318. The van der Waals surface area contributed by atoms with Gasteiger partial charge in [-0.3, -0.25) is 0 Å². The average molecular weight is 349 g/mol. The zero-order valence-corrected chi connectivity index (χ0v) is 12.6. The third kappa shape index (κ3) is 3.58. The summed E-state index contributed by atoms with van der Waals surface area (Å²) in [6.45, 7) is 0. The summed E-state index contributed by atoms with van der Waals surface area (Å²) in [7, 11) is 0. The Bertz CT molecular complexity index is 702. The summed E-state index contributed by atoms with van der Waals surface area (Å²) in [5.41, 5.74) is 5.24. The molecule has 110 valence electrons. The van der Waals surface area contributed by atoms with E-state index in [0.29, 0.717) is 14.9 Å². The lowest BCUT2D eigenvalue weighted by Crippen LogP contribution is -2.14. The molecule has 8 heteroatoms. The van der Waals surface area contributed by atoms with E-state index in [1.807, 2.05) is 0 Å². The molecule has 2 aromatic rings. The van der Waals surface area contributed by atoms with Crippen LogP contribution in [0, 0.1) is 11.6 Å². The molecule has 2 rings (SSSR count). The van der Waals surface area contributed by atoms with E-state index in [4.69, 9.17) is 34.1 Å². The van der Waals surface area contributed by atoms with Gasteiger partial charge in [-0.25, -0.2) is 8.78 Å². The maximum Gasteiger partial charge on any atom is 0.170 e. The molecule has 0 heterocycles. The summed E-state index contributed by atoms with van der Waals surface area (Å²) in [4.78, 5) is 0.159. The van der Waals surface area contributed by atoms with Crippen molar-refractivity contribution >= 4 is 40.8 Å². The minimum Gasteiger partial charge on any atom is -0.409 e. The minimum absolute atomic E-state index is 0.0611. The van der Waals surface area contributed by atoms with Gasteiger partial charge < -0.3 is 10.9 Å². The van der Waals surface area contributed by atoms with Crippen LogP contribution in [0.5, 0.6) is 0 Å². The van der Waals surface area contributed by atoms with Gasteiger partial charge in [0.25, 0.3) is 0 Å². The first-order valence-electron chi connectivity index (χ1n) is 5.52. The van der Waals surface area contributed by atoms with Crippen LogP contribution in [0.25, 0.3) is 0 Å². The van der Waals surface area contributed by atoms with Crippen molar-refractivity contribution in [3.8, 4) is 0 Å². The Morgan fingerprint density at radius 2 is 1.76 bits per heavy atom. The molecular weight excluding hydrogens is 341 g/mol. The number of hydrogen-bond donors (Lipinski definition) is 2. The first-order chi connectivity index (χ1) is 9.92. The maximum atomic E-state index is 14.0. The van der Waals surface area contributed by atoms with Crippen LogP contribution in [-0.4, -0.2) is 11.0 Å². The first-order valence-corrected chi connectivity index (χ1v) is 7.09. The van der Waals surface area contributed by atoms with Gasteiger partial charge in [0.1, 0.15) is 11.6 Å². The Kier molecular flexibility index (Phi) is 4.92. The van der Waals surface area contributed by atoms with Gasteiger partial charge in [0.15, 0.2) is 5.84 Å². The highest BCUT2D eigenvalue weighted by Gasteiger charge is 2.16. The fraction of sp³-hybridized carbons (Fsp3) is 0. The van der Waals surface area contributed by atoms with Gasteiger partial charge in [-0.15, -0.1) is 0 Å². The SMILES string of the molecule is N/C(=N/O)c1cc(F)c(Sc2cc(Cl)ccc2Cl)c(F)c1. The van der Waals surface area contributed by atoms with Crippen molar-refractivity contribution < 1.29 is 14.0 Å². The monoisotopic (exact) mass is 348 g/mol. The summed E-state index contributed by atoms with van der Waals surface area (Å²) in [5.74, 6) is -2.08. The zero-order chi connectivity index (χ0) is 15.6. The second-order valence-electron chi connectivity index (χ2n) is 3.93. The lowest BCUT2D eigenvalue weighted by atomic mass is 10.2. The van der Waals surface area contributed by atoms with E-state index in [2.05, 4.69) is 5.16 Å². The molecule has 0 unspecified atom stereocenters. The molecule has 0 aliphatic carbocycles. The molecular formula is C13H8Cl2F2N2OS. The maximum absolute atomic E-state index is 14.0. The quantitative estimate of drug-likeness (QED) is 0.371. The van der Waals surface area contributed by atoms with Gasteiger partial charge in [-0.2, -0.15) is 0 Å². The second-order valence-corrected chi connectivity index (χ2v) is 5.83. The molecule has 0 radical (unpaired) electrons. The number of amidine groups is 1. The number of hydrogen-bond acceptors (Lipinski definition) is 3. The van der Waals surface area contributed by atoms with Crippen molar-refractivity contribution in [2.24, 2.45) is 10.9 Å². The van der Waals surface area contributed by atoms with E-state index in [9.17, 15) is 8.78 Å². The van der Waals surface area contributed by atoms with Crippen LogP contribution in [0.15, 0.2) is 45.3 Å². The van der Waals surface area contributed by atoms with Gasteiger partial charge in [0.05, 0.1) is 9.92 Å². The molecule has 0 atom stereocenters. The molecule has 3 nitrogen and oxygen atoms in total. The van der Waals surface area contributed by atoms with E-state index in [0.717, 1.165) is 23.9 Å². The van der Waals surface area contributed by atoms with Crippen molar-refractivity contribution in [2.75, 3.05) is 0 Å². The minimum atomic E-state index is -0.849. The van der Waals surface area contributed by atoms with Gasteiger partial charge in [-0.05, 0) is 30.3 Å². The number of halogens is 4. The molecule has 2 aromatic carbocycles. The molecule has 0 spiro atoms. The lowest BCUT2D eigenvalue weighted by Gasteiger charge is -2.09. The number of rotatable bonds is 3. The molecule has 0 aliphatic heterocycles. The smallest absolute Gasteiger partial charge is 0.170 e. The van der Waals surface area contributed by atoms with Gasteiger partial charge in [-0.1, -0.05) is 40.1 Å². The molecule has 3 N–H and O–H groups in total. The predicted molar refractivity (Wildman–Crippen MR) is 79.5 cm³/mol. The fourth-order valence-corrected chi connectivity index (χ4v) is 2.88. The molecule has 21 heavy (non-hydrogen) atoms. The standard InChI is InChI=1S/C13H8Cl2F2N2OS/c14-7-1-2-8(15)11(5-7)21-12-9(16)3-6(4-10(12)17)13(18)19-20/h1-5,20H,(H2,18,19). The Balaban J connectivity index is 2.43. The van der Waals surface area contributed by atoms with Crippen LogP contribution < -0.4 is 5.73 Å². The average Bonchev–Trinajstić information content (AvgIpc) is 2.45. The molecule has 0 aromatic heterocycles. The summed E-state index contributed by atoms with van der Waals surface area (Å²) < 4.78 is 28.0. The van der Waals surface area contributed by atoms with E-state index in [1.54, 1.807) is 6.07 Å². The van der Waals surface area contributed by atoms with Crippen LogP contribution in [0.3, 0.4) is 0 Å². The molecule has 0 amide bonds. The van der Waals surface area contributed by atoms with Crippen LogP contribution in [0.4, 0.5) is 8.78 Å². The summed E-state index contributed by atoms with van der Waals surface area (Å²) in [6, 6.07) is 6.55. The van der Waals surface area contributed by atoms with Crippen molar-refractivity contribution in [3.05, 3.63) is 57.6 Å². The van der Waals surface area contributed by atoms with Crippen molar-refractivity contribution in [1.82, 2.24) is 0 Å². The number of benzene rings is 2. The molecule has 0 aliphatic rings. The molecule has 0 fully saturated rings.